The maximum Gasteiger partial charge on any atom is 0.416 e. The van der Waals surface area contributed by atoms with Crippen molar-refractivity contribution in [3.05, 3.63) is 70.7 Å². The van der Waals surface area contributed by atoms with Crippen molar-refractivity contribution < 1.29 is 13.2 Å². The predicted molar refractivity (Wildman–Crippen MR) is 101 cm³/mol. The van der Waals surface area contributed by atoms with Gasteiger partial charge in [0.1, 0.15) is 5.01 Å². The molecule has 0 bridgehead atoms. The summed E-state index contributed by atoms with van der Waals surface area (Å²) in [5, 5.41) is 0.721. The number of anilines is 1. The summed E-state index contributed by atoms with van der Waals surface area (Å²) in [5.74, 6) is 0. The summed E-state index contributed by atoms with van der Waals surface area (Å²) in [5.41, 5.74) is 2.35. The molecule has 0 N–H and O–H groups in total. The quantitative estimate of drug-likeness (QED) is 0.528. The van der Waals surface area contributed by atoms with Crippen LogP contribution in [0.25, 0.3) is 10.6 Å². The van der Waals surface area contributed by atoms with Gasteiger partial charge in [-0.2, -0.15) is 13.2 Å². The molecular weight excluding hydrogens is 357 g/mol. The van der Waals surface area contributed by atoms with Gasteiger partial charge in [0.2, 0.25) is 0 Å². The number of rotatable bonds is 4. The van der Waals surface area contributed by atoms with Crippen LogP contribution in [0.15, 0.2) is 54.7 Å². The number of benzene rings is 2. The van der Waals surface area contributed by atoms with Crippen molar-refractivity contribution in [2.45, 2.75) is 26.1 Å². The molecule has 2 aromatic carbocycles. The lowest BCUT2D eigenvalue weighted by Crippen LogP contribution is -2.20. The van der Waals surface area contributed by atoms with Crippen LogP contribution in [-0.2, 0) is 6.18 Å². The van der Waals surface area contributed by atoms with Crippen molar-refractivity contribution in [1.29, 1.82) is 0 Å². The molecule has 26 heavy (non-hydrogen) atoms. The SMILES string of the molecule is Cc1cccc(N(C)C(C)c2cnc(-c3ccc(C(F)(F)F)cc3)s2)c1. The summed E-state index contributed by atoms with van der Waals surface area (Å²) in [7, 11) is 2.02. The molecule has 3 aromatic rings. The molecule has 3 rings (SSSR count). The Morgan fingerprint density at radius 2 is 1.77 bits per heavy atom. The fourth-order valence-corrected chi connectivity index (χ4v) is 3.69. The first-order chi connectivity index (χ1) is 12.3. The Labute approximate surface area is 154 Å². The van der Waals surface area contributed by atoms with Gasteiger partial charge < -0.3 is 4.90 Å². The summed E-state index contributed by atoms with van der Waals surface area (Å²) < 4.78 is 38.1. The lowest BCUT2D eigenvalue weighted by atomic mass is 10.1. The average molecular weight is 376 g/mol. The van der Waals surface area contributed by atoms with Gasteiger partial charge in [-0.1, -0.05) is 24.3 Å². The van der Waals surface area contributed by atoms with E-state index in [9.17, 15) is 13.2 Å². The molecule has 6 heteroatoms. The van der Waals surface area contributed by atoms with E-state index in [0.717, 1.165) is 27.7 Å². The second-order valence-electron chi connectivity index (χ2n) is 6.27. The highest BCUT2D eigenvalue weighted by Crippen LogP contribution is 2.35. The number of hydrogen-bond donors (Lipinski definition) is 0. The van der Waals surface area contributed by atoms with Gasteiger partial charge in [0, 0.05) is 29.4 Å². The van der Waals surface area contributed by atoms with E-state index in [4.69, 9.17) is 0 Å². The fourth-order valence-electron chi connectivity index (χ4n) is 2.68. The minimum Gasteiger partial charge on any atom is -0.367 e. The van der Waals surface area contributed by atoms with Crippen molar-refractivity contribution in [2.75, 3.05) is 11.9 Å². The number of aromatic nitrogens is 1. The zero-order chi connectivity index (χ0) is 18.9. The van der Waals surface area contributed by atoms with Gasteiger partial charge in [0.15, 0.2) is 0 Å². The predicted octanol–water partition coefficient (Wildman–Crippen LogP) is 6.33. The topological polar surface area (TPSA) is 16.1 Å². The van der Waals surface area contributed by atoms with Crippen LogP contribution >= 0.6 is 11.3 Å². The third kappa shape index (κ3) is 3.90. The van der Waals surface area contributed by atoms with Crippen molar-refractivity contribution >= 4 is 17.0 Å². The second kappa shape index (κ2) is 7.11. The zero-order valence-electron chi connectivity index (χ0n) is 14.7. The summed E-state index contributed by atoms with van der Waals surface area (Å²) >= 11 is 1.50. The molecule has 0 aliphatic rings. The number of halogens is 3. The molecular formula is C20H19F3N2S. The Hall–Kier alpha value is -2.34. The van der Waals surface area contributed by atoms with E-state index in [1.165, 1.54) is 29.0 Å². The van der Waals surface area contributed by atoms with Crippen molar-refractivity contribution in [2.24, 2.45) is 0 Å². The summed E-state index contributed by atoms with van der Waals surface area (Å²) in [4.78, 5) is 7.63. The summed E-state index contributed by atoms with van der Waals surface area (Å²) in [6.07, 6.45) is -2.52. The molecule has 0 amide bonds. The normalized spacial score (nSPS) is 12.8. The smallest absolute Gasteiger partial charge is 0.367 e. The number of thiazole rings is 1. The van der Waals surface area contributed by atoms with Crippen LogP contribution in [0, 0.1) is 6.92 Å². The maximum absolute atomic E-state index is 12.7. The standard InChI is InChI=1S/C20H19F3N2S/c1-13-5-4-6-17(11-13)25(3)14(2)18-12-24-19(26-18)15-7-9-16(10-8-15)20(21,22)23/h4-12,14H,1-3H3. The number of aryl methyl sites for hydroxylation is 1. The Kier molecular flexibility index (Phi) is 5.05. The molecule has 2 nitrogen and oxygen atoms in total. The highest BCUT2D eigenvalue weighted by atomic mass is 32.1. The van der Waals surface area contributed by atoms with Gasteiger partial charge in [-0.25, -0.2) is 4.98 Å². The second-order valence-corrected chi connectivity index (χ2v) is 7.33. The van der Waals surface area contributed by atoms with Gasteiger partial charge in [-0.05, 0) is 43.7 Å². The van der Waals surface area contributed by atoms with Gasteiger partial charge in [-0.3, -0.25) is 0 Å². The van der Waals surface area contributed by atoms with Crippen LogP contribution in [0.2, 0.25) is 0 Å². The first-order valence-corrected chi connectivity index (χ1v) is 9.00. The van der Waals surface area contributed by atoms with Gasteiger partial charge in [0.25, 0.3) is 0 Å². The molecule has 1 atom stereocenters. The van der Waals surface area contributed by atoms with E-state index in [-0.39, 0.29) is 6.04 Å². The third-order valence-corrected chi connectivity index (χ3v) is 5.60. The molecule has 0 spiro atoms. The molecule has 0 saturated heterocycles. The maximum atomic E-state index is 12.7. The lowest BCUT2D eigenvalue weighted by molar-refractivity contribution is -0.137. The third-order valence-electron chi connectivity index (χ3n) is 4.38. The Morgan fingerprint density at radius 3 is 2.38 bits per heavy atom. The first kappa shape index (κ1) is 18.5. The van der Waals surface area contributed by atoms with E-state index in [1.54, 1.807) is 6.20 Å². The average Bonchev–Trinajstić information content (AvgIpc) is 3.10. The minimum absolute atomic E-state index is 0.109. The Morgan fingerprint density at radius 1 is 1.08 bits per heavy atom. The van der Waals surface area contributed by atoms with E-state index in [2.05, 4.69) is 41.9 Å². The molecule has 1 unspecified atom stereocenters. The van der Waals surface area contributed by atoms with Crippen LogP contribution in [0.1, 0.15) is 29.0 Å². The van der Waals surface area contributed by atoms with Crippen LogP contribution in [0.3, 0.4) is 0 Å². The molecule has 1 heterocycles. The van der Waals surface area contributed by atoms with Gasteiger partial charge in [0.05, 0.1) is 11.6 Å². The monoisotopic (exact) mass is 376 g/mol. The fraction of sp³-hybridized carbons (Fsp3) is 0.250. The van der Waals surface area contributed by atoms with Crippen molar-refractivity contribution in [3.63, 3.8) is 0 Å². The van der Waals surface area contributed by atoms with Gasteiger partial charge in [-0.15, -0.1) is 11.3 Å². The highest BCUT2D eigenvalue weighted by molar-refractivity contribution is 7.15. The zero-order valence-corrected chi connectivity index (χ0v) is 15.5. The Balaban J connectivity index is 1.81. The molecule has 0 fully saturated rings. The largest absolute Gasteiger partial charge is 0.416 e. The summed E-state index contributed by atoms with van der Waals surface area (Å²) in [6, 6.07) is 13.5. The molecule has 0 aliphatic heterocycles. The molecule has 0 radical (unpaired) electrons. The minimum atomic E-state index is -4.32. The van der Waals surface area contributed by atoms with Crippen LogP contribution in [0.5, 0.6) is 0 Å². The Bertz CT molecular complexity index is 885. The van der Waals surface area contributed by atoms with Crippen LogP contribution in [0.4, 0.5) is 18.9 Å². The lowest BCUT2D eigenvalue weighted by Gasteiger charge is -2.26. The van der Waals surface area contributed by atoms with Crippen molar-refractivity contribution in [3.8, 4) is 10.6 Å². The van der Waals surface area contributed by atoms with Crippen LogP contribution < -0.4 is 4.90 Å². The first-order valence-electron chi connectivity index (χ1n) is 8.18. The molecule has 136 valence electrons. The van der Waals surface area contributed by atoms with E-state index in [1.807, 2.05) is 13.1 Å². The molecule has 1 aromatic heterocycles. The number of hydrogen-bond acceptors (Lipinski definition) is 3. The molecule has 0 saturated carbocycles. The van der Waals surface area contributed by atoms with E-state index in [0.29, 0.717) is 5.56 Å². The van der Waals surface area contributed by atoms with E-state index >= 15 is 0 Å². The molecule has 0 aliphatic carbocycles. The van der Waals surface area contributed by atoms with Crippen LogP contribution in [-0.4, -0.2) is 12.0 Å². The highest BCUT2D eigenvalue weighted by Gasteiger charge is 2.30. The van der Waals surface area contributed by atoms with E-state index < -0.39 is 11.7 Å². The van der Waals surface area contributed by atoms with Gasteiger partial charge >= 0.3 is 6.18 Å². The summed E-state index contributed by atoms with van der Waals surface area (Å²) in [6.45, 7) is 4.14. The van der Waals surface area contributed by atoms with Crippen molar-refractivity contribution in [1.82, 2.24) is 4.98 Å². The number of alkyl halides is 3. The number of nitrogens with zero attached hydrogens (tertiary/aromatic N) is 2.